The summed E-state index contributed by atoms with van der Waals surface area (Å²) in [6.45, 7) is 0. The molecule has 126 valence electrons. The molecule has 3 fully saturated rings. The summed E-state index contributed by atoms with van der Waals surface area (Å²) in [5.74, 6) is 0.677. The molecule has 2 saturated carbocycles. The van der Waals surface area contributed by atoms with Crippen LogP contribution in [0.1, 0.15) is 77.0 Å². The Balaban J connectivity index is 1.78. The van der Waals surface area contributed by atoms with Crippen molar-refractivity contribution in [2.75, 3.05) is 0 Å². The van der Waals surface area contributed by atoms with E-state index >= 15 is 0 Å². The molecule has 0 aromatic heterocycles. The van der Waals surface area contributed by atoms with Gasteiger partial charge in [0.15, 0.2) is 0 Å². The molecule has 2 amide bonds. The Morgan fingerprint density at radius 1 is 0.609 bits per heavy atom. The fourth-order valence-corrected chi connectivity index (χ4v) is 5.86. The molecule has 1 heterocycles. The van der Waals surface area contributed by atoms with Crippen LogP contribution in [0.15, 0.2) is 11.1 Å². The third-order valence-corrected chi connectivity index (χ3v) is 6.84. The largest absolute Gasteiger partial charge is 0.296 e. The average Bonchev–Trinajstić information content (AvgIpc) is 2.75. The number of amides is 2. The number of hydrogen-bond acceptors (Lipinski definition) is 2. The molecule has 3 aliphatic carbocycles. The van der Waals surface area contributed by atoms with E-state index in [1.165, 1.54) is 64.2 Å². The Bertz CT molecular complexity index is 490. The Hall–Kier alpha value is -1.12. The second-order valence-corrected chi connectivity index (χ2v) is 8.07. The number of carbonyl (C=O) groups excluding carboxylic acids is 2. The Labute approximate surface area is 139 Å². The summed E-state index contributed by atoms with van der Waals surface area (Å²) in [6.07, 6.45) is 14.8. The molecule has 0 aromatic rings. The van der Waals surface area contributed by atoms with Crippen molar-refractivity contribution in [2.45, 2.75) is 77.0 Å². The van der Waals surface area contributed by atoms with Gasteiger partial charge in [0.05, 0.1) is 11.8 Å². The molecule has 4 aliphatic rings. The maximum absolute atomic E-state index is 12.5. The summed E-state index contributed by atoms with van der Waals surface area (Å²) in [7, 11) is 0. The smallest absolute Gasteiger partial charge is 0.231 e. The molecule has 0 unspecified atom stereocenters. The maximum Gasteiger partial charge on any atom is 0.231 e. The lowest BCUT2D eigenvalue weighted by Crippen LogP contribution is -2.39. The number of carbonyl (C=O) groups is 2. The summed E-state index contributed by atoms with van der Waals surface area (Å²) < 4.78 is 0. The maximum atomic E-state index is 12.5. The quantitative estimate of drug-likeness (QED) is 0.540. The third-order valence-electron chi connectivity index (χ3n) is 6.84. The van der Waals surface area contributed by atoms with Gasteiger partial charge in [0.1, 0.15) is 0 Å². The van der Waals surface area contributed by atoms with E-state index in [0.29, 0.717) is 11.8 Å². The van der Waals surface area contributed by atoms with Crippen LogP contribution in [0, 0.1) is 23.7 Å². The number of rotatable bonds is 0. The monoisotopic (exact) mass is 315 g/mol. The first kappa shape index (κ1) is 15.4. The number of hydrogen-bond donors (Lipinski definition) is 1. The van der Waals surface area contributed by atoms with Gasteiger partial charge in [-0.05, 0) is 50.4 Å². The van der Waals surface area contributed by atoms with E-state index in [2.05, 4.69) is 5.32 Å². The zero-order chi connectivity index (χ0) is 15.8. The normalized spacial score (nSPS) is 38.4. The van der Waals surface area contributed by atoms with Crippen molar-refractivity contribution in [3.63, 3.8) is 0 Å². The van der Waals surface area contributed by atoms with Crippen LogP contribution in [-0.2, 0) is 9.59 Å². The molecule has 3 nitrogen and oxygen atoms in total. The fraction of sp³-hybridized carbons (Fsp3) is 0.800. The summed E-state index contributed by atoms with van der Waals surface area (Å²) in [4.78, 5) is 25.1. The number of allylic oxidation sites excluding steroid dienone is 2. The molecule has 1 aliphatic heterocycles. The molecule has 23 heavy (non-hydrogen) atoms. The van der Waals surface area contributed by atoms with Crippen LogP contribution in [-0.4, -0.2) is 11.8 Å². The minimum atomic E-state index is -0.0521. The highest BCUT2D eigenvalue weighted by Gasteiger charge is 2.53. The van der Waals surface area contributed by atoms with Crippen molar-refractivity contribution in [1.82, 2.24) is 5.32 Å². The standard InChI is InChI=1S/C20H29NO2/c22-19-17-15-11-7-3-1-5-9-13(15)14-10-6-2-4-8-12-16(14)18(17)20(23)21-19/h15-18H,1-12H2,(H,21,22,23)/t15-,16+,17-,18+. The van der Waals surface area contributed by atoms with Crippen molar-refractivity contribution < 1.29 is 9.59 Å². The van der Waals surface area contributed by atoms with Gasteiger partial charge < -0.3 is 0 Å². The van der Waals surface area contributed by atoms with E-state index < -0.39 is 0 Å². The SMILES string of the molecule is O=C1NC(=O)[C@H]2[C@@H]1[C@H]1CCCCCCC1=C1CCCCCC[C@H]12. The molecule has 0 spiro atoms. The van der Waals surface area contributed by atoms with Gasteiger partial charge in [-0.2, -0.15) is 0 Å². The highest BCUT2D eigenvalue weighted by molar-refractivity contribution is 6.06. The van der Waals surface area contributed by atoms with Crippen molar-refractivity contribution in [3.8, 4) is 0 Å². The van der Waals surface area contributed by atoms with E-state index in [1.54, 1.807) is 11.1 Å². The van der Waals surface area contributed by atoms with Gasteiger partial charge in [0.25, 0.3) is 0 Å². The molecular formula is C20H29NO2. The number of fused-ring (bicyclic) bond motifs is 5. The Kier molecular flexibility index (Phi) is 4.29. The van der Waals surface area contributed by atoms with Crippen LogP contribution in [0.5, 0.6) is 0 Å². The summed E-state index contributed by atoms with van der Waals surface area (Å²) in [5.41, 5.74) is 3.23. The second kappa shape index (κ2) is 6.41. The molecule has 4 atom stereocenters. The van der Waals surface area contributed by atoms with Gasteiger partial charge in [0.2, 0.25) is 11.8 Å². The van der Waals surface area contributed by atoms with Gasteiger partial charge in [-0.15, -0.1) is 0 Å². The zero-order valence-corrected chi connectivity index (χ0v) is 14.1. The highest BCUT2D eigenvalue weighted by Crippen LogP contribution is 2.52. The predicted molar refractivity (Wildman–Crippen MR) is 89.5 cm³/mol. The highest BCUT2D eigenvalue weighted by atomic mass is 16.2. The van der Waals surface area contributed by atoms with Gasteiger partial charge in [-0.25, -0.2) is 0 Å². The molecule has 3 heteroatoms. The molecular weight excluding hydrogens is 286 g/mol. The summed E-state index contributed by atoms with van der Waals surface area (Å²) in [6, 6.07) is 0. The van der Waals surface area contributed by atoms with E-state index in [9.17, 15) is 9.59 Å². The molecule has 0 aromatic carbocycles. The number of nitrogens with one attached hydrogen (secondary N) is 1. The van der Waals surface area contributed by atoms with E-state index in [1.807, 2.05) is 0 Å². The Morgan fingerprint density at radius 2 is 1.04 bits per heavy atom. The molecule has 1 N–H and O–H groups in total. The first-order valence-corrected chi connectivity index (χ1v) is 9.84. The third kappa shape index (κ3) is 2.66. The van der Waals surface area contributed by atoms with Crippen LogP contribution >= 0.6 is 0 Å². The molecule has 1 saturated heterocycles. The van der Waals surface area contributed by atoms with E-state index in [4.69, 9.17) is 0 Å². The van der Waals surface area contributed by atoms with Crippen LogP contribution in [0.25, 0.3) is 0 Å². The van der Waals surface area contributed by atoms with Crippen LogP contribution in [0.3, 0.4) is 0 Å². The lowest BCUT2D eigenvalue weighted by Gasteiger charge is -2.42. The van der Waals surface area contributed by atoms with Gasteiger partial charge in [0, 0.05) is 0 Å². The van der Waals surface area contributed by atoms with Gasteiger partial charge >= 0.3 is 0 Å². The molecule has 0 radical (unpaired) electrons. The lowest BCUT2D eigenvalue weighted by atomic mass is 9.60. The van der Waals surface area contributed by atoms with Crippen LogP contribution in [0.4, 0.5) is 0 Å². The zero-order valence-electron chi connectivity index (χ0n) is 14.1. The van der Waals surface area contributed by atoms with E-state index in [0.717, 1.165) is 12.8 Å². The second-order valence-electron chi connectivity index (χ2n) is 8.07. The lowest BCUT2D eigenvalue weighted by molar-refractivity contribution is -0.126. The topological polar surface area (TPSA) is 46.2 Å². The first-order valence-electron chi connectivity index (χ1n) is 9.84. The number of imide groups is 1. The predicted octanol–water partition coefficient (Wildman–Crippen LogP) is 4.13. The minimum absolute atomic E-state index is 0.0317. The average molecular weight is 315 g/mol. The van der Waals surface area contributed by atoms with Crippen molar-refractivity contribution in [1.29, 1.82) is 0 Å². The Morgan fingerprint density at radius 3 is 1.52 bits per heavy atom. The van der Waals surface area contributed by atoms with Gasteiger partial charge in [-0.1, -0.05) is 49.7 Å². The first-order chi connectivity index (χ1) is 11.3. The van der Waals surface area contributed by atoms with Gasteiger partial charge in [-0.3, -0.25) is 14.9 Å². The molecule has 4 rings (SSSR count). The minimum Gasteiger partial charge on any atom is -0.296 e. The van der Waals surface area contributed by atoms with Crippen LogP contribution < -0.4 is 5.32 Å². The van der Waals surface area contributed by atoms with E-state index in [-0.39, 0.29) is 23.7 Å². The van der Waals surface area contributed by atoms with Crippen molar-refractivity contribution in [3.05, 3.63) is 11.1 Å². The summed E-state index contributed by atoms with van der Waals surface area (Å²) >= 11 is 0. The van der Waals surface area contributed by atoms with Crippen molar-refractivity contribution >= 4 is 11.8 Å². The summed E-state index contributed by atoms with van der Waals surface area (Å²) in [5, 5.41) is 2.69. The fourth-order valence-electron chi connectivity index (χ4n) is 5.86. The van der Waals surface area contributed by atoms with Crippen molar-refractivity contribution in [2.24, 2.45) is 23.7 Å². The van der Waals surface area contributed by atoms with Crippen LogP contribution in [0.2, 0.25) is 0 Å². The molecule has 0 bridgehead atoms.